The number of nitrogens with zero attached hydrogens (tertiary/aromatic N) is 1. The Morgan fingerprint density at radius 1 is 1.56 bits per heavy atom. The van der Waals surface area contributed by atoms with E-state index in [9.17, 15) is 14.4 Å². The molecular formula is C10H13N3O4S. The zero-order valence-corrected chi connectivity index (χ0v) is 10.7. The summed E-state index contributed by atoms with van der Waals surface area (Å²) in [4.78, 5) is 37.2. The summed E-state index contributed by atoms with van der Waals surface area (Å²) in [6, 6.07) is -0.988. The molecular weight excluding hydrogens is 258 g/mol. The molecule has 0 saturated carbocycles. The van der Waals surface area contributed by atoms with Crippen molar-refractivity contribution in [2.45, 2.75) is 26.4 Å². The molecule has 1 unspecified atom stereocenters. The average molecular weight is 271 g/mol. The van der Waals surface area contributed by atoms with Crippen molar-refractivity contribution in [2.75, 3.05) is 0 Å². The zero-order chi connectivity index (χ0) is 13.7. The van der Waals surface area contributed by atoms with Crippen LogP contribution in [0.5, 0.6) is 0 Å². The summed E-state index contributed by atoms with van der Waals surface area (Å²) in [5, 5.41) is 4.41. The van der Waals surface area contributed by atoms with Crippen LogP contribution in [-0.4, -0.2) is 29.0 Å². The van der Waals surface area contributed by atoms with Crippen molar-refractivity contribution in [2.24, 2.45) is 5.73 Å². The van der Waals surface area contributed by atoms with Gasteiger partial charge in [0.2, 0.25) is 0 Å². The van der Waals surface area contributed by atoms with Gasteiger partial charge in [-0.1, -0.05) is 0 Å². The van der Waals surface area contributed by atoms with Crippen LogP contribution < -0.4 is 11.1 Å². The van der Waals surface area contributed by atoms with Crippen molar-refractivity contribution in [3.8, 4) is 0 Å². The van der Waals surface area contributed by atoms with Gasteiger partial charge in [-0.15, -0.1) is 11.3 Å². The predicted molar refractivity (Wildman–Crippen MR) is 63.8 cm³/mol. The molecule has 1 aromatic rings. The summed E-state index contributed by atoms with van der Waals surface area (Å²) in [6.45, 7) is 3.17. The number of ether oxygens (including phenoxy) is 1. The molecule has 3 N–H and O–H groups in total. The third-order valence-electron chi connectivity index (χ3n) is 1.92. The Morgan fingerprint density at radius 2 is 2.22 bits per heavy atom. The number of urea groups is 1. The van der Waals surface area contributed by atoms with Gasteiger partial charge in [0.05, 0.1) is 17.1 Å². The summed E-state index contributed by atoms with van der Waals surface area (Å²) in [5.74, 6) is -1.35. The third-order valence-corrected chi connectivity index (χ3v) is 2.74. The minimum absolute atomic E-state index is 0.0153. The fourth-order valence-electron chi connectivity index (χ4n) is 1.15. The average Bonchev–Trinajstić information content (AvgIpc) is 2.62. The van der Waals surface area contributed by atoms with Crippen molar-refractivity contribution < 1.29 is 19.1 Å². The summed E-state index contributed by atoms with van der Waals surface area (Å²) >= 11 is 1.42. The standard InChI is InChI=1S/C10H13N3O4S/c1-5(9(15)13-10(11)16)17-8(14)3-7-4-18-6(2)12-7/h4-5H,3H2,1-2H3,(H3,11,13,15,16). The van der Waals surface area contributed by atoms with E-state index in [0.717, 1.165) is 5.01 Å². The number of imide groups is 1. The number of hydrogen-bond donors (Lipinski definition) is 2. The molecule has 0 aromatic carbocycles. The van der Waals surface area contributed by atoms with Crippen LogP contribution in [0.1, 0.15) is 17.6 Å². The van der Waals surface area contributed by atoms with Gasteiger partial charge in [-0.25, -0.2) is 9.78 Å². The van der Waals surface area contributed by atoms with E-state index in [1.54, 1.807) is 5.38 Å². The molecule has 1 aromatic heterocycles. The van der Waals surface area contributed by atoms with Crippen LogP contribution in [0.25, 0.3) is 0 Å². The van der Waals surface area contributed by atoms with E-state index in [2.05, 4.69) is 4.98 Å². The normalized spacial score (nSPS) is 11.7. The van der Waals surface area contributed by atoms with Crippen molar-refractivity contribution >= 4 is 29.2 Å². The maximum absolute atomic E-state index is 11.5. The minimum atomic E-state index is -1.08. The van der Waals surface area contributed by atoms with Crippen molar-refractivity contribution in [3.63, 3.8) is 0 Å². The number of thiazole rings is 1. The topological polar surface area (TPSA) is 111 Å². The number of carbonyl (C=O) groups is 3. The molecule has 1 heterocycles. The van der Waals surface area contributed by atoms with Crippen molar-refractivity contribution in [1.29, 1.82) is 0 Å². The Morgan fingerprint density at radius 3 is 2.72 bits per heavy atom. The lowest BCUT2D eigenvalue weighted by molar-refractivity contribution is -0.153. The van der Waals surface area contributed by atoms with E-state index >= 15 is 0 Å². The molecule has 7 nitrogen and oxygen atoms in total. The quantitative estimate of drug-likeness (QED) is 0.755. The highest BCUT2D eigenvalue weighted by Crippen LogP contribution is 2.09. The third kappa shape index (κ3) is 4.50. The first-order valence-electron chi connectivity index (χ1n) is 5.09. The summed E-state index contributed by atoms with van der Waals surface area (Å²) in [5.41, 5.74) is 5.36. The van der Waals surface area contributed by atoms with Gasteiger partial charge in [-0.2, -0.15) is 0 Å². The maximum Gasteiger partial charge on any atom is 0.318 e. The van der Waals surface area contributed by atoms with E-state index in [4.69, 9.17) is 10.5 Å². The second-order valence-electron chi connectivity index (χ2n) is 3.52. The van der Waals surface area contributed by atoms with E-state index < -0.39 is 24.0 Å². The Bertz CT molecular complexity index is 471. The number of esters is 1. The molecule has 8 heteroatoms. The smallest absolute Gasteiger partial charge is 0.318 e. The SMILES string of the molecule is Cc1nc(CC(=O)OC(C)C(=O)NC(N)=O)cs1. The van der Waals surface area contributed by atoms with Crippen molar-refractivity contribution in [1.82, 2.24) is 10.3 Å². The largest absolute Gasteiger partial charge is 0.452 e. The summed E-state index contributed by atoms with van der Waals surface area (Å²) in [7, 11) is 0. The lowest BCUT2D eigenvalue weighted by atomic mass is 10.3. The van der Waals surface area contributed by atoms with Crippen LogP contribution in [0, 0.1) is 6.92 Å². The summed E-state index contributed by atoms with van der Waals surface area (Å²) < 4.78 is 4.83. The molecule has 0 saturated heterocycles. The number of amides is 3. The van der Waals surface area contributed by atoms with E-state index in [-0.39, 0.29) is 6.42 Å². The van der Waals surface area contributed by atoms with Crippen LogP contribution in [0.15, 0.2) is 5.38 Å². The maximum atomic E-state index is 11.5. The lowest BCUT2D eigenvalue weighted by Gasteiger charge is -2.11. The van der Waals surface area contributed by atoms with Gasteiger partial charge >= 0.3 is 12.0 Å². The zero-order valence-electron chi connectivity index (χ0n) is 9.93. The number of aromatic nitrogens is 1. The molecule has 0 aliphatic rings. The van der Waals surface area contributed by atoms with Gasteiger partial charge in [0, 0.05) is 5.38 Å². The Hall–Kier alpha value is -1.96. The number of primary amides is 1. The van der Waals surface area contributed by atoms with Crippen LogP contribution in [0.4, 0.5) is 4.79 Å². The first-order chi connectivity index (χ1) is 8.38. The Labute approximate surface area is 107 Å². The fourth-order valence-corrected chi connectivity index (χ4v) is 1.77. The molecule has 0 aliphatic carbocycles. The number of aryl methyl sites for hydroxylation is 1. The second kappa shape index (κ2) is 6.10. The monoisotopic (exact) mass is 271 g/mol. The highest BCUT2D eigenvalue weighted by molar-refractivity contribution is 7.09. The minimum Gasteiger partial charge on any atom is -0.452 e. The lowest BCUT2D eigenvalue weighted by Crippen LogP contribution is -2.42. The molecule has 1 atom stereocenters. The first-order valence-corrected chi connectivity index (χ1v) is 5.97. The molecule has 1 rings (SSSR count). The van der Waals surface area contributed by atoms with Crippen molar-refractivity contribution in [3.05, 3.63) is 16.1 Å². The molecule has 0 fully saturated rings. The van der Waals surface area contributed by atoms with Gasteiger partial charge in [0.1, 0.15) is 0 Å². The number of carbonyl (C=O) groups excluding carboxylic acids is 3. The van der Waals surface area contributed by atoms with Gasteiger partial charge in [0.25, 0.3) is 5.91 Å². The first kappa shape index (κ1) is 14.1. The van der Waals surface area contributed by atoms with Crippen LogP contribution in [0.3, 0.4) is 0 Å². The number of hydrogen-bond acceptors (Lipinski definition) is 6. The molecule has 0 aliphatic heterocycles. The van der Waals surface area contributed by atoms with Gasteiger partial charge < -0.3 is 10.5 Å². The number of nitrogens with one attached hydrogen (secondary N) is 1. The number of rotatable bonds is 4. The molecule has 0 spiro atoms. The molecule has 98 valence electrons. The van der Waals surface area contributed by atoms with E-state index in [1.807, 2.05) is 12.2 Å². The summed E-state index contributed by atoms with van der Waals surface area (Å²) in [6.07, 6.45) is -1.09. The highest BCUT2D eigenvalue weighted by atomic mass is 32.1. The van der Waals surface area contributed by atoms with Crippen LogP contribution >= 0.6 is 11.3 Å². The van der Waals surface area contributed by atoms with Gasteiger partial charge in [-0.05, 0) is 13.8 Å². The molecule has 18 heavy (non-hydrogen) atoms. The molecule has 3 amide bonds. The van der Waals surface area contributed by atoms with Crippen LogP contribution in [-0.2, 0) is 20.7 Å². The van der Waals surface area contributed by atoms with E-state index in [1.165, 1.54) is 18.3 Å². The molecule has 0 radical (unpaired) electrons. The van der Waals surface area contributed by atoms with Gasteiger partial charge in [-0.3, -0.25) is 14.9 Å². The van der Waals surface area contributed by atoms with E-state index in [0.29, 0.717) is 5.69 Å². The second-order valence-corrected chi connectivity index (χ2v) is 4.58. The van der Waals surface area contributed by atoms with Crippen LogP contribution in [0.2, 0.25) is 0 Å². The molecule has 0 bridgehead atoms. The highest BCUT2D eigenvalue weighted by Gasteiger charge is 2.19. The Balaban J connectivity index is 2.44. The Kier molecular flexibility index (Phi) is 4.78. The van der Waals surface area contributed by atoms with Gasteiger partial charge in [0.15, 0.2) is 6.10 Å². The predicted octanol–water partition coefficient (Wildman–Crippen LogP) is 0.121. The fraction of sp³-hybridized carbons (Fsp3) is 0.400. The number of nitrogens with two attached hydrogens (primary N) is 1.